The molecule has 0 aromatic rings. The fraction of sp³-hybridized carbons (Fsp3) is 0.632. The lowest BCUT2D eigenvalue weighted by Gasteiger charge is -2.17. The number of carbonyl (C=O) groups is 1. The van der Waals surface area contributed by atoms with Crippen molar-refractivity contribution < 1.29 is 24.5 Å². The van der Waals surface area contributed by atoms with Crippen molar-refractivity contribution in [2.24, 2.45) is 0 Å². The van der Waals surface area contributed by atoms with E-state index in [4.69, 9.17) is 19.7 Å². The second kappa shape index (κ2) is 12.0. The van der Waals surface area contributed by atoms with Crippen LogP contribution >= 0.6 is 0 Å². The van der Waals surface area contributed by atoms with Gasteiger partial charge in [-0.2, -0.15) is 0 Å². The van der Waals surface area contributed by atoms with Crippen molar-refractivity contribution in [1.82, 2.24) is 0 Å². The predicted octanol–water partition coefficient (Wildman–Crippen LogP) is 3.03. The van der Waals surface area contributed by atoms with Crippen molar-refractivity contribution >= 4 is 5.97 Å². The highest BCUT2D eigenvalue weighted by molar-refractivity contribution is 5.86. The Morgan fingerprint density at radius 2 is 2.00 bits per heavy atom. The van der Waals surface area contributed by atoms with Gasteiger partial charge in [-0.15, -0.1) is 0 Å². The number of unbranched alkanes of at least 4 members (excludes halogenated alkanes) is 3. The van der Waals surface area contributed by atoms with Crippen LogP contribution in [0.4, 0.5) is 0 Å². The van der Waals surface area contributed by atoms with Gasteiger partial charge in [0, 0.05) is 18.6 Å². The molecule has 1 aliphatic carbocycles. The number of esters is 1. The lowest BCUT2D eigenvalue weighted by Crippen LogP contribution is -2.13. The van der Waals surface area contributed by atoms with Gasteiger partial charge in [-0.1, -0.05) is 36.8 Å². The molecule has 136 valence electrons. The summed E-state index contributed by atoms with van der Waals surface area (Å²) in [6.45, 7) is 6.36. The number of aliphatic hydroxyl groups excluding tert-OH is 1. The fourth-order valence-electron chi connectivity index (χ4n) is 2.33. The first-order chi connectivity index (χ1) is 11.5. The Hall–Kier alpha value is -1.43. The van der Waals surface area contributed by atoms with Gasteiger partial charge in [-0.25, -0.2) is 4.79 Å². The predicted molar refractivity (Wildman–Crippen MR) is 93.3 cm³/mol. The third kappa shape index (κ3) is 9.65. The molecule has 0 saturated heterocycles. The smallest absolute Gasteiger partial charge is 0.333 e. The molecule has 0 aliphatic heterocycles. The zero-order valence-electron chi connectivity index (χ0n) is 14.6. The van der Waals surface area contributed by atoms with E-state index in [2.05, 4.69) is 12.7 Å². The molecule has 0 amide bonds. The van der Waals surface area contributed by atoms with Gasteiger partial charge in [0.25, 0.3) is 0 Å². The van der Waals surface area contributed by atoms with E-state index < -0.39 is 6.29 Å². The Morgan fingerprint density at radius 1 is 1.29 bits per heavy atom. The minimum Gasteiger partial charge on any atom is -0.462 e. The molecule has 0 heterocycles. The molecule has 5 heteroatoms. The van der Waals surface area contributed by atoms with Gasteiger partial charge in [0.15, 0.2) is 6.29 Å². The second-order valence-corrected chi connectivity index (χ2v) is 6.13. The first-order valence-corrected chi connectivity index (χ1v) is 8.66. The molecule has 1 atom stereocenters. The van der Waals surface area contributed by atoms with Gasteiger partial charge in [0.1, 0.15) is 0 Å². The van der Waals surface area contributed by atoms with E-state index >= 15 is 0 Å². The van der Waals surface area contributed by atoms with Gasteiger partial charge in [0.05, 0.1) is 12.7 Å². The molecule has 1 aliphatic rings. The largest absolute Gasteiger partial charge is 0.462 e. The normalized spacial score (nSPS) is 17.0. The summed E-state index contributed by atoms with van der Waals surface area (Å²) in [5, 5.41) is 17.7. The van der Waals surface area contributed by atoms with Crippen molar-refractivity contribution in [3.05, 3.63) is 36.0 Å². The van der Waals surface area contributed by atoms with Gasteiger partial charge in [-0.3, -0.25) is 0 Å². The minimum atomic E-state index is -1.24. The summed E-state index contributed by atoms with van der Waals surface area (Å²) in [7, 11) is 0. The summed E-state index contributed by atoms with van der Waals surface area (Å²) >= 11 is 0. The fourth-order valence-corrected chi connectivity index (χ4v) is 2.33. The maximum atomic E-state index is 11.2. The molecule has 0 aromatic heterocycles. The van der Waals surface area contributed by atoms with E-state index in [-0.39, 0.29) is 12.1 Å². The molecule has 0 spiro atoms. The van der Waals surface area contributed by atoms with Crippen LogP contribution in [0.1, 0.15) is 51.9 Å². The number of allylic oxidation sites excluding steroid dienone is 2. The third-order valence-corrected chi connectivity index (χ3v) is 3.78. The molecule has 2 N–H and O–H groups in total. The van der Waals surface area contributed by atoms with Crippen LogP contribution in [0.2, 0.25) is 0 Å². The maximum absolute atomic E-state index is 11.2. The number of aliphatic hydroxyl groups is 2. The van der Waals surface area contributed by atoms with E-state index in [1.54, 1.807) is 6.92 Å². The van der Waals surface area contributed by atoms with E-state index in [9.17, 15) is 4.79 Å². The Labute approximate surface area is 144 Å². The summed E-state index contributed by atoms with van der Waals surface area (Å²) in [6, 6.07) is 0. The average molecular weight is 338 g/mol. The molecule has 1 rings (SSSR count). The van der Waals surface area contributed by atoms with Gasteiger partial charge < -0.3 is 19.7 Å². The lowest BCUT2D eigenvalue weighted by molar-refractivity contribution is -0.139. The highest BCUT2D eigenvalue weighted by Crippen LogP contribution is 2.18. The quantitative estimate of drug-likeness (QED) is 0.248. The summed E-state index contributed by atoms with van der Waals surface area (Å²) in [5.41, 5.74) is 1.57. The number of hydrogen-bond donors (Lipinski definition) is 2. The van der Waals surface area contributed by atoms with Crippen LogP contribution < -0.4 is 0 Å². The molecule has 0 saturated carbocycles. The van der Waals surface area contributed by atoms with E-state index in [1.807, 2.05) is 12.2 Å². The summed E-state index contributed by atoms with van der Waals surface area (Å²) < 4.78 is 10.8. The zero-order valence-corrected chi connectivity index (χ0v) is 14.6. The highest BCUT2D eigenvalue weighted by Gasteiger charge is 2.09. The van der Waals surface area contributed by atoms with E-state index in [0.29, 0.717) is 25.0 Å². The average Bonchev–Trinajstić information content (AvgIpc) is 2.56. The van der Waals surface area contributed by atoms with Crippen LogP contribution in [-0.4, -0.2) is 41.8 Å². The van der Waals surface area contributed by atoms with E-state index in [0.717, 1.165) is 44.3 Å². The van der Waals surface area contributed by atoms with Crippen LogP contribution in [-0.2, 0) is 14.3 Å². The topological polar surface area (TPSA) is 76.0 Å². The Kier molecular flexibility index (Phi) is 10.3. The Balaban J connectivity index is 1.97. The number of hydrogen-bond acceptors (Lipinski definition) is 5. The Morgan fingerprint density at radius 3 is 2.58 bits per heavy atom. The standard InChI is InChI=1S/C19H30O5/c1-15(2)19(22)24-14-6-4-3-5-13-23-17-10-7-16(8-11-17)9-12-18(20)21/h7-8,10,17-18,20-21H,1,3-6,9,11-14H2,2H3. The molecule has 0 radical (unpaired) electrons. The first-order valence-electron chi connectivity index (χ1n) is 8.66. The lowest BCUT2D eigenvalue weighted by atomic mass is 10.0. The molecular formula is C19H30O5. The van der Waals surface area contributed by atoms with Crippen molar-refractivity contribution in [2.75, 3.05) is 13.2 Å². The van der Waals surface area contributed by atoms with E-state index in [1.165, 1.54) is 0 Å². The summed E-state index contributed by atoms with van der Waals surface area (Å²) in [4.78, 5) is 11.2. The molecular weight excluding hydrogens is 308 g/mol. The van der Waals surface area contributed by atoms with Crippen LogP contribution in [0, 0.1) is 0 Å². The Bertz CT molecular complexity index is 451. The summed E-state index contributed by atoms with van der Waals surface area (Å²) in [5.74, 6) is -0.316. The number of carbonyl (C=O) groups excluding carboxylic acids is 1. The highest BCUT2D eigenvalue weighted by atomic mass is 16.5. The van der Waals surface area contributed by atoms with Crippen molar-refractivity contribution in [3.63, 3.8) is 0 Å². The minimum absolute atomic E-state index is 0.115. The maximum Gasteiger partial charge on any atom is 0.333 e. The van der Waals surface area contributed by atoms with Crippen LogP contribution in [0.25, 0.3) is 0 Å². The zero-order chi connectivity index (χ0) is 17.8. The van der Waals surface area contributed by atoms with Crippen molar-refractivity contribution in [2.45, 2.75) is 64.3 Å². The van der Waals surface area contributed by atoms with Gasteiger partial charge in [-0.05, 0) is 39.0 Å². The molecule has 24 heavy (non-hydrogen) atoms. The van der Waals surface area contributed by atoms with Crippen LogP contribution in [0.3, 0.4) is 0 Å². The molecule has 0 fully saturated rings. The number of ether oxygens (including phenoxy) is 2. The SMILES string of the molecule is C=C(C)C(=O)OCCCCCCOC1C=CC(CCC(O)O)=CC1. The first kappa shape index (κ1) is 20.6. The molecule has 5 nitrogen and oxygen atoms in total. The summed E-state index contributed by atoms with van der Waals surface area (Å²) in [6.07, 6.45) is 10.8. The third-order valence-electron chi connectivity index (χ3n) is 3.78. The number of rotatable bonds is 12. The van der Waals surface area contributed by atoms with Crippen molar-refractivity contribution in [1.29, 1.82) is 0 Å². The van der Waals surface area contributed by atoms with Crippen LogP contribution in [0.15, 0.2) is 36.0 Å². The molecule has 0 bridgehead atoms. The monoisotopic (exact) mass is 338 g/mol. The molecule has 1 unspecified atom stereocenters. The van der Waals surface area contributed by atoms with Crippen molar-refractivity contribution in [3.8, 4) is 0 Å². The molecule has 0 aromatic carbocycles. The van der Waals surface area contributed by atoms with Gasteiger partial charge in [0.2, 0.25) is 0 Å². The van der Waals surface area contributed by atoms with Gasteiger partial charge >= 0.3 is 5.97 Å². The van der Waals surface area contributed by atoms with Crippen LogP contribution in [0.5, 0.6) is 0 Å². The second-order valence-electron chi connectivity index (χ2n) is 6.13.